The molecule has 0 aliphatic carbocycles. The molecule has 0 aliphatic heterocycles. The Hall–Kier alpha value is -2.73. The first-order chi connectivity index (χ1) is 16.4. The highest BCUT2D eigenvalue weighted by molar-refractivity contribution is 7.90. The van der Waals surface area contributed by atoms with E-state index in [4.69, 9.17) is 23.8 Å². The minimum absolute atomic E-state index is 0.146. The van der Waals surface area contributed by atoms with E-state index in [0.29, 0.717) is 16.4 Å². The first-order valence-electron chi connectivity index (χ1n) is 10.0. The van der Waals surface area contributed by atoms with E-state index in [1.165, 1.54) is 22.1 Å². The molecule has 0 saturated carbocycles. The third kappa shape index (κ3) is 5.92. The standard InChI is InChI=1S/C23H17ClF3N3O2S3/c1-35(31,32)15-6-4-5-14(11-15)20-9-10-21(34-20)19-12-17(22(33)28-13-23(25,26)27)29-30(19)18-8-3-2-7-16(18)24/h2-12H,13H2,1H3,(H,28,33). The van der Waals surface area contributed by atoms with E-state index in [0.717, 1.165) is 21.6 Å². The van der Waals surface area contributed by atoms with E-state index in [9.17, 15) is 21.6 Å². The number of thiocarbonyl (C=S) groups is 1. The summed E-state index contributed by atoms with van der Waals surface area (Å²) in [5.74, 6) is 0. The van der Waals surface area contributed by atoms with Gasteiger partial charge < -0.3 is 5.32 Å². The Bertz CT molecular complexity index is 1510. The first-order valence-corrected chi connectivity index (χ1v) is 13.5. The lowest BCUT2D eigenvalue weighted by atomic mass is 10.2. The van der Waals surface area contributed by atoms with Crippen LogP contribution in [-0.2, 0) is 9.84 Å². The van der Waals surface area contributed by atoms with Gasteiger partial charge in [0.15, 0.2) is 9.84 Å². The summed E-state index contributed by atoms with van der Waals surface area (Å²) in [5, 5.41) is 7.03. The van der Waals surface area contributed by atoms with Crippen molar-refractivity contribution < 1.29 is 21.6 Å². The number of para-hydroxylation sites is 1. The predicted molar refractivity (Wildman–Crippen MR) is 136 cm³/mol. The zero-order valence-corrected chi connectivity index (χ0v) is 21.2. The molecule has 182 valence electrons. The van der Waals surface area contributed by atoms with Crippen LogP contribution in [0.3, 0.4) is 0 Å². The van der Waals surface area contributed by atoms with Gasteiger partial charge in [0, 0.05) is 11.1 Å². The topological polar surface area (TPSA) is 64.0 Å². The van der Waals surface area contributed by atoms with Crippen LogP contribution < -0.4 is 5.32 Å². The van der Waals surface area contributed by atoms with Crippen molar-refractivity contribution in [3.05, 3.63) is 77.4 Å². The fraction of sp³-hybridized carbons (Fsp3) is 0.130. The molecular formula is C23H17ClF3N3O2S3. The van der Waals surface area contributed by atoms with Gasteiger partial charge in [0.2, 0.25) is 0 Å². The van der Waals surface area contributed by atoms with E-state index in [2.05, 4.69) is 10.4 Å². The van der Waals surface area contributed by atoms with Crippen LogP contribution in [0.5, 0.6) is 0 Å². The average Bonchev–Trinajstić information content (AvgIpc) is 3.44. The van der Waals surface area contributed by atoms with Crippen molar-refractivity contribution in [3.63, 3.8) is 0 Å². The summed E-state index contributed by atoms with van der Waals surface area (Å²) in [6, 6.07) is 18.8. The number of hydrogen-bond acceptors (Lipinski definition) is 5. The minimum Gasteiger partial charge on any atom is -0.366 e. The molecule has 1 N–H and O–H groups in total. The third-order valence-electron chi connectivity index (χ3n) is 4.88. The highest BCUT2D eigenvalue weighted by Gasteiger charge is 2.28. The molecule has 4 aromatic rings. The maximum absolute atomic E-state index is 12.7. The molecule has 0 spiro atoms. The third-order valence-corrected chi connectivity index (χ3v) is 7.82. The van der Waals surface area contributed by atoms with Gasteiger partial charge in [0.05, 0.1) is 26.2 Å². The van der Waals surface area contributed by atoms with Crippen LogP contribution in [-0.4, -0.2) is 42.2 Å². The van der Waals surface area contributed by atoms with Gasteiger partial charge in [-0.1, -0.05) is 48.1 Å². The van der Waals surface area contributed by atoms with Gasteiger partial charge in [-0.05, 0) is 48.0 Å². The molecule has 2 aromatic carbocycles. The maximum Gasteiger partial charge on any atom is 0.405 e. The normalized spacial score (nSPS) is 12.0. The summed E-state index contributed by atoms with van der Waals surface area (Å²) in [5.41, 5.74) is 1.98. The Morgan fingerprint density at radius 2 is 1.80 bits per heavy atom. The van der Waals surface area contributed by atoms with E-state index in [-0.39, 0.29) is 15.6 Å². The van der Waals surface area contributed by atoms with Crippen LogP contribution >= 0.6 is 35.2 Å². The maximum atomic E-state index is 12.7. The molecule has 5 nitrogen and oxygen atoms in total. The van der Waals surface area contributed by atoms with Gasteiger partial charge in [-0.2, -0.15) is 18.3 Å². The molecule has 0 atom stereocenters. The second-order valence-electron chi connectivity index (χ2n) is 7.54. The number of halogens is 4. The van der Waals surface area contributed by atoms with Crippen LogP contribution in [0.2, 0.25) is 5.02 Å². The fourth-order valence-corrected chi connectivity index (χ4v) is 5.31. The molecule has 0 radical (unpaired) electrons. The predicted octanol–water partition coefficient (Wildman–Crippen LogP) is 6.15. The van der Waals surface area contributed by atoms with Crippen molar-refractivity contribution >= 4 is 50.0 Å². The van der Waals surface area contributed by atoms with Crippen LogP contribution in [0.15, 0.2) is 71.6 Å². The molecule has 0 unspecified atom stereocenters. The van der Waals surface area contributed by atoms with Crippen LogP contribution in [0.1, 0.15) is 5.69 Å². The fourth-order valence-electron chi connectivity index (χ4n) is 3.26. The zero-order valence-electron chi connectivity index (χ0n) is 18.0. The smallest absolute Gasteiger partial charge is 0.366 e. The van der Waals surface area contributed by atoms with Gasteiger partial charge >= 0.3 is 6.18 Å². The average molecular weight is 556 g/mol. The van der Waals surface area contributed by atoms with Crippen LogP contribution in [0.25, 0.3) is 26.7 Å². The van der Waals surface area contributed by atoms with Crippen LogP contribution in [0.4, 0.5) is 13.2 Å². The molecule has 0 saturated heterocycles. The Morgan fingerprint density at radius 3 is 2.49 bits per heavy atom. The van der Waals surface area contributed by atoms with Crippen molar-refractivity contribution in [2.75, 3.05) is 12.8 Å². The van der Waals surface area contributed by atoms with Crippen molar-refractivity contribution in [2.45, 2.75) is 11.1 Å². The molecule has 0 bridgehead atoms. The van der Waals surface area contributed by atoms with Gasteiger partial charge in [0.25, 0.3) is 0 Å². The quantitative estimate of drug-likeness (QED) is 0.289. The minimum atomic E-state index is -4.43. The summed E-state index contributed by atoms with van der Waals surface area (Å²) >= 11 is 12.9. The van der Waals surface area contributed by atoms with E-state index >= 15 is 0 Å². The van der Waals surface area contributed by atoms with E-state index in [1.54, 1.807) is 48.5 Å². The lowest BCUT2D eigenvalue weighted by Crippen LogP contribution is -2.33. The summed E-state index contributed by atoms with van der Waals surface area (Å²) in [6.07, 6.45) is -3.29. The summed E-state index contributed by atoms with van der Waals surface area (Å²) in [7, 11) is -3.37. The SMILES string of the molecule is CS(=O)(=O)c1cccc(-c2ccc(-c3cc(C(=S)NCC(F)(F)F)nn3-c3ccccc3Cl)s2)c1. The molecule has 2 aromatic heterocycles. The van der Waals surface area contributed by atoms with Gasteiger partial charge in [0.1, 0.15) is 17.2 Å². The van der Waals surface area contributed by atoms with Gasteiger partial charge in [-0.15, -0.1) is 11.3 Å². The van der Waals surface area contributed by atoms with E-state index in [1.807, 2.05) is 12.1 Å². The number of sulfone groups is 1. The molecule has 12 heteroatoms. The monoisotopic (exact) mass is 555 g/mol. The lowest BCUT2D eigenvalue weighted by Gasteiger charge is -2.09. The Morgan fingerprint density at radius 1 is 1.09 bits per heavy atom. The summed E-state index contributed by atoms with van der Waals surface area (Å²) in [4.78, 5) is 1.60. The molecule has 0 fully saturated rings. The second kappa shape index (κ2) is 9.73. The number of nitrogens with zero attached hydrogens (tertiary/aromatic N) is 2. The zero-order chi connectivity index (χ0) is 25.4. The number of benzene rings is 2. The molecule has 4 rings (SSSR count). The number of nitrogens with one attached hydrogen (secondary N) is 1. The number of rotatable bonds is 6. The van der Waals surface area contributed by atoms with Gasteiger partial charge in [-0.3, -0.25) is 0 Å². The highest BCUT2D eigenvalue weighted by atomic mass is 35.5. The summed E-state index contributed by atoms with van der Waals surface area (Å²) < 4.78 is 63.4. The molecule has 0 amide bonds. The van der Waals surface area contributed by atoms with Gasteiger partial charge in [-0.25, -0.2) is 13.1 Å². The molecule has 0 aliphatic rings. The van der Waals surface area contributed by atoms with Crippen molar-refractivity contribution in [1.82, 2.24) is 15.1 Å². The second-order valence-corrected chi connectivity index (χ2v) is 11.5. The number of thiophene rings is 1. The number of alkyl halides is 3. The summed E-state index contributed by atoms with van der Waals surface area (Å²) in [6.45, 7) is -1.28. The number of hydrogen-bond donors (Lipinski definition) is 1. The Balaban J connectivity index is 1.77. The Kier molecular flexibility index (Phi) is 7.05. The Labute approximate surface area is 214 Å². The number of aromatic nitrogens is 2. The molecule has 35 heavy (non-hydrogen) atoms. The first kappa shape index (κ1) is 25.4. The largest absolute Gasteiger partial charge is 0.405 e. The molecule has 2 heterocycles. The van der Waals surface area contributed by atoms with E-state index < -0.39 is 22.6 Å². The highest BCUT2D eigenvalue weighted by Crippen LogP contribution is 2.37. The van der Waals surface area contributed by atoms with Crippen LogP contribution in [0, 0.1) is 0 Å². The van der Waals surface area contributed by atoms with Crippen molar-refractivity contribution in [2.24, 2.45) is 0 Å². The van der Waals surface area contributed by atoms with Crippen molar-refractivity contribution in [3.8, 4) is 26.7 Å². The van der Waals surface area contributed by atoms with Crippen molar-refractivity contribution in [1.29, 1.82) is 0 Å². The molecular weight excluding hydrogens is 539 g/mol. The lowest BCUT2D eigenvalue weighted by molar-refractivity contribution is -0.121.